The van der Waals surface area contributed by atoms with Crippen LogP contribution < -0.4 is 0 Å². The molecule has 0 aliphatic carbocycles. The highest BCUT2D eigenvalue weighted by Crippen LogP contribution is 2.32. The molecule has 1 amide bonds. The first kappa shape index (κ1) is 20.6. The summed E-state index contributed by atoms with van der Waals surface area (Å²) in [5, 5.41) is 0. The van der Waals surface area contributed by atoms with Gasteiger partial charge in [0.15, 0.2) is 0 Å². The molecule has 1 aromatic carbocycles. The zero-order valence-corrected chi connectivity index (χ0v) is 18.1. The normalized spacial score (nSPS) is 17.1. The molecule has 2 heterocycles. The Hall–Kier alpha value is -2.12. The molecule has 28 heavy (non-hydrogen) atoms. The number of carbonyl (C=O) groups excluding carboxylic acids is 1. The number of rotatable bonds is 8. The molecule has 6 nitrogen and oxygen atoms in total. The van der Waals surface area contributed by atoms with E-state index in [9.17, 15) is 4.79 Å². The number of hydrogen-bond donors (Lipinski definition) is 0. The lowest BCUT2D eigenvalue weighted by Gasteiger charge is -2.25. The van der Waals surface area contributed by atoms with Crippen LogP contribution in [-0.2, 0) is 22.8 Å². The van der Waals surface area contributed by atoms with Crippen molar-refractivity contribution in [3.63, 3.8) is 0 Å². The molecule has 1 aliphatic heterocycles. The van der Waals surface area contributed by atoms with E-state index >= 15 is 0 Å². The number of benzene rings is 1. The second kappa shape index (κ2) is 9.38. The Kier molecular flexibility index (Phi) is 6.91. The Morgan fingerprint density at radius 3 is 2.79 bits per heavy atom. The minimum atomic E-state index is -1.10. The van der Waals surface area contributed by atoms with Crippen LogP contribution in [0.4, 0.5) is 4.79 Å². The van der Waals surface area contributed by atoms with Gasteiger partial charge in [0.25, 0.3) is 0 Å². The fraction of sp³-hybridized carbons (Fsp3) is 0.524. The molecule has 1 aromatic heterocycles. The number of imidazole rings is 1. The third-order valence-corrected chi connectivity index (χ3v) is 6.71. The third kappa shape index (κ3) is 5.69. The molecule has 1 saturated heterocycles. The summed E-state index contributed by atoms with van der Waals surface area (Å²) in [5.74, 6) is 0. The summed E-state index contributed by atoms with van der Waals surface area (Å²) in [4.78, 5) is 18.8. The quantitative estimate of drug-likeness (QED) is 0.476. The number of aromatic nitrogens is 2. The largest absolute Gasteiger partial charge is 0.445 e. The molecule has 0 N–H and O–H groups in total. The first-order chi connectivity index (χ1) is 13.4. The monoisotopic (exact) mass is 401 g/mol. The smallest absolute Gasteiger partial charge is 0.410 e. The van der Waals surface area contributed by atoms with Gasteiger partial charge in [0, 0.05) is 21.2 Å². The predicted octanol–water partition coefficient (Wildman–Crippen LogP) is 4.67. The van der Waals surface area contributed by atoms with Crippen molar-refractivity contribution in [1.29, 1.82) is 0 Å². The van der Waals surface area contributed by atoms with E-state index in [0.717, 1.165) is 36.8 Å². The van der Waals surface area contributed by atoms with Crippen molar-refractivity contribution in [2.75, 3.05) is 13.2 Å². The molecule has 0 radical (unpaired) electrons. The van der Waals surface area contributed by atoms with E-state index < -0.39 is 8.07 Å². The average Bonchev–Trinajstić information content (AvgIpc) is 3.32. The van der Waals surface area contributed by atoms with Crippen LogP contribution >= 0.6 is 0 Å². The topological polar surface area (TPSA) is 56.6 Å². The lowest BCUT2D eigenvalue weighted by atomic mass is 10.1. The first-order valence-electron chi connectivity index (χ1n) is 9.99. The zero-order chi connectivity index (χ0) is 20.0. The van der Waals surface area contributed by atoms with E-state index in [2.05, 4.69) is 24.6 Å². The standard InChI is InChI=1S/C21H31N3O3Si/c1-28(2,3)13-12-26-17-23-16-22-14-20(23)19-10-7-11-24(19)21(25)27-15-18-8-5-4-6-9-18/h4-6,8-9,14,16,19H,7,10-13,15,17H2,1-3H3/t19-/m0/s1. The van der Waals surface area contributed by atoms with E-state index in [0.29, 0.717) is 19.9 Å². The molecule has 1 aliphatic rings. The van der Waals surface area contributed by atoms with Gasteiger partial charge in [-0.15, -0.1) is 0 Å². The van der Waals surface area contributed by atoms with Gasteiger partial charge in [0.05, 0.1) is 24.3 Å². The van der Waals surface area contributed by atoms with Crippen molar-refractivity contribution in [3.8, 4) is 0 Å². The summed E-state index contributed by atoms with van der Waals surface area (Å²) in [6.07, 6.45) is 5.25. The molecule has 0 bridgehead atoms. The van der Waals surface area contributed by atoms with Crippen molar-refractivity contribution >= 4 is 14.2 Å². The lowest BCUT2D eigenvalue weighted by Crippen LogP contribution is -2.32. The fourth-order valence-electron chi connectivity index (χ4n) is 3.35. The van der Waals surface area contributed by atoms with Crippen molar-refractivity contribution in [3.05, 3.63) is 54.1 Å². The fourth-order valence-corrected chi connectivity index (χ4v) is 4.11. The predicted molar refractivity (Wildman–Crippen MR) is 112 cm³/mol. The van der Waals surface area contributed by atoms with Gasteiger partial charge in [0.1, 0.15) is 13.3 Å². The summed E-state index contributed by atoms with van der Waals surface area (Å²) >= 11 is 0. The second-order valence-corrected chi connectivity index (χ2v) is 14.1. The number of amides is 1. The Morgan fingerprint density at radius 2 is 2.04 bits per heavy atom. The van der Waals surface area contributed by atoms with Crippen LogP contribution in [0.3, 0.4) is 0 Å². The van der Waals surface area contributed by atoms with Gasteiger partial charge in [-0.2, -0.15) is 0 Å². The number of hydrogen-bond acceptors (Lipinski definition) is 4. The third-order valence-electron chi connectivity index (χ3n) is 5.01. The Balaban J connectivity index is 1.57. The van der Waals surface area contributed by atoms with Gasteiger partial charge < -0.3 is 14.0 Å². The molecule has 2 aromatic rings. The average molecular weight is 402 g/mol. The molecule has 1 atom stereocenters. The second-order valence-electron chi connectivity index (χ2n) is 8.53. The molecule has 3 rings (SSSR count). The lowest BCUT2D eigenvalue weighted by molar-refractivity contribution is 0.0753. The van der Waals surface area contributed by atoms with Gasteiger partial charge in [-0.05, 0) is 24.4 Å². The van der Waals surface area contributed by atoms with Crippen LogP contribution in [0.5, 0.6) is 0 Å². The minimum Gasteiger partial charge on any atom is -0.445 e. The van der Waals surface area contributed by atoms with Gasteiger partial charge >= 0.3 is 6.09 Å². The van der Waals surface area contributed by atoms with Crippen molar-refractivity contribution in [2.45, 2.75) is 57.9 Å². The molecule has 152 valence electrons. The van der Waals surface area contributed by atoms with Crippen LogP contribution in [0.1, 0.15) is 30.1 Å². The van der Waals surface area contributed by atoms with Gasteiger partial charge in [-0.1, -0.05) is 50.0 Å². The molecule has 1 fully saturated rings. The van der Waals surface area contributed by atoms with E-state index in [4.69, 9.17) is 9.47 Å². The molecule has 0 spiro atoms. The first-order valence-corrected chi connectivity index (χ1v) is 13.7. The Labute approximate surface area is 168 Å². The molecular formula is C21H31N3O3Si. The van der Waals surface area contributed by atoms with Crippen LogP contribution in [0, 0.1) is 0 Å². The van der Waals surface area contributed by atoms with E-state index in [-0.39, 0.29) is 12.1 Å². The number of nitrogens with zero attached hydrogens (tertiary/aromatic N) is 3. The van der Waals surface area contributed by atoms with Gasteiger partial charge in [0.2, 0.25) is 0 Å². The molecular weight excluding hydrogens is 370 g/mol. The molecule has 0 unspecified atom stereocenters. The van der Waals surface area contributed by atoms with Gasteiger partial charge in [-0.3, -0.25) is 4.90 Å². The molecule has 0 saturated carbocycles. The van der Waals surface area contributed by atoms with Crippen molar-refractivity contribution in [1.82, 2.24) is 14.5 Å². The molecule has 7 heteroatoms. The number of ether oxygens (including phenoxy) is 2. The van der Waals surface area contributed by atoms with Crippen molar-refractivity contribution < 1.29 is 14.3 Å². The summed E-state index contributed by atoms with van der Waals surface area (Å²) < 4.78 is 13.4. The summed E-state index contributed by atoms with van der Waals surface area (Å²) in [5.41, 5.74) is 2.01. The zero-order valence-electron chi connectivity index (χ0n) is 17.1. The van der Waals surface area contributed by atoms with E-state index in [1.807, 2.05) is 46.0 Å². The van der Waals surface area contributed by atoms with Crippen LogP contribution in [0.2, 0.25) is 25.7 Å². The van der Waals surface area contributed by atoms with Crippen LogP contribution in [0.25, 0.3) is 0 Å². The van der Waals surface area contributed by atoms with Crippen LogP contribution in [0.15, 0.2) is 42.9 Å². The number of likely N-dealkylation sites (tertiary alicyclic amines) is 1. The Morgan fingerprint density at radius 1 is 1.25 bits per heavy atom. The number of carbonyl (C=O) groups is 1. The Bertz CT molecular complexity index is 758. The maximum atomic E-state index is 12.7. The SMILES string of the molecule is C[Si](C)(C)CCOCn1cncc1[C@@H]1CCCN1C(=O)OCc1ccccc1. The highest BCUT2D eigenvalue weighted by Gasteiger charge is 2.33. The van der Waals surface area contributed by atoms with Gasteiger partial charge in [-0.25, -0.2) is 9.78 Å². The summed E-state index contributed by atoms with van der Waals surface area (Å²) in [7, 11) is -1.10. The van der Waals surface area contributed by atoms with Crippen molar-refractivity contribution in [2.24, 2.45) is 0 Å². The van der Waals surface area contributed by atoms with E-state index in [1.54, 1.807) is 6.33 Å². The van der Waals surface area contributed by atoms with E-state index in [1.165, 1.54) is 0 Å². The maximum Gasteiger partial charge on any atom is 0.410 e. The highest BCUT2D eigenvalue weighted by atomic mass is 28.3. The maximum absolute atomic E-state index is 12.7. The summed E-state index contributed by atoms with van der Waals surface area (Å²) in [6.45, 7) is 9.27. The van der Waals surface area contributed by atoms with Crippen LogP contribution in [-0.4, -0.2) is 41.8 Å². The minimum absolute atomic E-state index is 0.00800. The highest BCUT2D eigenvalue weighted by molar-refractivity contribution is 6.76. The summed E-state index contributed by atoms with van der Waals surface area (Å²) in [6, 6.07) is 10.9.